The third kappa shape index (κ3) is 5.77. The predicted molar refractivity (Wildman–Crippen MR) is 192 cm³/mol. The highest BCUT2D eigenvalue weighted by atomic mass is 16.4. The van der Waals surface area contributed by atoms with Gasteiger partial charge in [0, 0.05) is 58.6 Å². The molecule has 10 nitrogen and oxygen atoms in total. The van der Waals surface area contributed by atoms with Crippen molar-refractivity contribution in [2.45, 2.75) is 92.5 Å². The van der Waals surface area contributed by atoms with Crippen molar-refractivity contribution in [3.05, 3.63) is 64.8 Å². The van der Waals surface area contributed by atoms with E-state index in [2.05, 4.69) is 11.9 Å². The van der Waals surface area contributed by atoms with E-state index in [4.69, 9.17) is 11.5 Å². The number of aliphatic hydroxyl groups is 3. The number of fused-ring (bicyclic) bond motifs is 4. The number of Topliss-reactive ketones (excluding diaryl/α,β-unsaturated/α-hetero) is 2. The molecule has 0 heterocycles. The number of ketones is 2. The van der Waals surface area contributed by atoms with Crippen LogP contribution >= 0.6 is 0 Å². The van der Waals surface area contributed by atoms with Gasteiger partial charge in [-0.1, -0.05) is 84.0 Å². The third-order valence-electron chi connectivity index (χ3n) is 13.8. The smallest absolute Gasteiger partial charge is 0.331 e. The summed E-state index contributed by atoms with van der Waals surface area (Å²) in [5, 5.41) is 45.8. The number of carboxylic acid groups (broad SMARTS) is 1. The van der Waals surface area contributed by atoms with Crippen LogP contribution in [-0.2, 0) is 14.4 Å². The second kappa shape index (κ2) is 13.2. The Hall–Kier alpha value is -3.60. The number of carbonyl (C=O) groups excluding carboxylic acids is 2. The van der Waals surface area contributed by atoms with E-state index in [0.29, 0.717) is 24.0 Å². The van der Waals surface area contributed by atoms with Crippen LogP contribution in [0.2, 0.25) is 0 Å². The number of allylic oxidation sites excluding steroid dienone is 1. The first-order valence-electron chi connectivity index (χ1n) is 17.8. The van der Waals surface area contributed by atoms with Gasteiger partial charge in [-0.05, 0) is 60.1 Å². The van der Waals surface area contributed by atoms with Gasteiger partial charge in [0.05, 0.1) is 18.3 Å². The van der Waals surface area contributed by atoms with E-state index in [0.717, 1.165) is 5.56 Å². The summed E-state index contributed by atoms with van der Waals surface area (Å²) in [5.74, 6) is -3.55. The lowest BCUT2D eigenvalue weighted by Gasteiger charge is -2.63. The summed E-state index contributed by atoms with van der Waals surface area (Å²) in [4.78, 5) is 44.2. The monoisotopic (exact) mass is 689 g/mol. The maximum atomic E-state index is 14.8. The summed E-state index contributed by atoms with van der Waals surface area (Å²) < 4.78 is 0. The second-order valence-electron chi connectivity index (χ2n) is 16.6. The maximum Gasteiger partial charge on any atom is 0.331 e. The number of aliphatic hydroxyl groups excluding tert-OH is 3. The van der Waals surface area contributed by atoms with E-state index in [-0.39, 0.29) is 60.2 Å². The van der Waals surface area contributed by atoms with Crippen LogP contribution in [0, 0.1) is 51.2 Å². The molecule has 11 atom stereocenters. The van der Waals surface area contributed by atoms with Crippen LogP contribution in [0.3, 0.4) is 0 Å². The number of rotatable bonds is 9. The molecule has 1 aromatic carbocycles. The number of carboxylic acids is 1. The number of hydrogen-bond acceptors (Lipinski definition) is 7. The van der Waals surface area contributed by atoms with E-state index < -0.39 is 57.8 Å². The van der Waals surface area contributed by atoms with Gasteiger partial charge in [-0.2, -0.15) is 0 Å². The molecule has 0 radical (unpaired) electrons. The molecule has 2 fully saturated rings. The Bertz CT molecular complexity index is 1660. The number of aliphatic carboxylic acids is 1. The summed E-state index contributed by atoms with van der Waals surface area (Å²) in [7, 11) is 0. The lowest BCUT2D eigenvalue weighted by atomic mass is 9.40. The van der Waals surface area contributed by atoms with Gasteiger partial charge in [-0.3, -0.25) is 14.6 Å². The van der Waals surface area contributed by atoms with Crippen LogP contribution in [-0.4, -0.2) is 68.8 Å². The minimum absolute atomic E-state index is 0.00713. The molecule has 5 rings (SSSR count). The highest BCUT2D eigenvalue weighted by molar-refractivity contribution is 6.01. The molecule has 10 heteroatoms. The van der Waals surface area contributed by atoms with Gasteiger partial charge in [0.2, 0.25) is 0 Å². The fourth-order valence-corrected chi connectivity index (χ4v) is 10.9. The molecule has 272 valence electrons. The molecule has 1 aromatic rings. The van der Waals surface area contributed by atoms with Gasteiger partial charge < -0.3 is 31.9 Å². The van der Waals surface area contributed by atoms with Gasteiger partial charge in [0.1, 0.15) is 5.78 Å². The quantitative estimate of drug-likeness (QED) is 0.125. The summed E-state index contributed by atoms with van der Waals surface area (Å²) in [6.07, 6.45) is 3.12. The molecule has 0 aliphatic heterocycles. The van der Waals surface area contributed by atoms with Crippen molar-refractivity contribution in [1.82, 2.24) is 0 Å². The number of carbonyl (C=O) groups is 3. The van der Waals surface area contributed by atoms with Crippen molar-refractivity contribution in [3.63, 3.8) is 0 Å². The first-order valence-corrected chi connectivity index (χ1v) is 17.8. The average molecular weight is 690 g/mol. The fraction of sp³-hybridized carbons (Fsp3) is 0.600. The zero-order chi connectivity index (χ0) is 37.1. The second-order valence-corrected chi connectivity index (χ2v) is 16.6. The topological polar surface area (TPSA) is 197 Å². The number of hydrogen-bond donors (Lipinski definition) is 6. The van der Waals surface area contributed by atoms with E-state index in [1.807, 2.05) is 77.1 Å². The zero-order valence-corrected chi connectivity index (χ0v) is 30.4. The number of nitrogens with two attached hydrogens (primary N) is 2. The predicted octanol–water partition coefficient (Wildman–Crippen LogP) is 4.28. The molecule has 50 heavy (non-hydrogen) atoms. The number of nitrogens with zero attached hydrogens (tertiary/aromatic N) is 1. The van der Waals surface area contributed by atoms with Gasteiger partial charge >= 0.3 is 5.97 Å². The summed E-state index contributed by atoms with van der Waals surface area (Å²) >= 11 is 0. The van der Waals surface area contributed by atoms with Crippen LogP contribution < -0.4 is 11.5 Å². The van der Waals surface area contributed by atoms with E-state index in [1.165, 1.54) is 13.0 Å². The maximum absolute atomic E-state index is 14.8. The van der Waals surface area contributed by atoms with Gasteiger partial charge in [0.15, 0.2) is 11.7 Å². The number of guanidine groups is 1. The largest absolute Gasteiger partial charge is 0.478 e. The lowest BCUT2D eigenvalue weighted by Crippen LogP contribution is -2.63. The number of benzene rings is 1. The van der Waals surface area contributed by atoms with Gasteiger partial charge in [0.25, 0.3) is 0 Å². The summed E-state index contributed by atoms with van der Waals surface area (Å²) in [6, 6.07) is 9.76. The van der Waals surface area contributed by atoms with Crippen molar-refractivity contribution in [1.29, 1.82) is 0 Å². The van der Waals surface area contributed by atoms with Crippen molar-refractivity contribution in [3.8, 4) is 0 Å². The Morgan fingerprint density at radius 1 is 1.08 bits per heavy atom. The third-order valence-corrected chi connectivity index (χ3v) is 13.8. The summed E-state index contributed by atoms with van der Waals surface area (Å²) in [5.41, 5.74) is 9.97. The first-order chi connectivity index (χ1) is 23.2. The zero-order valence-electron chi connectivity index (χ0n) is 30.4. The lowest BCUT2D eigenvalue weighted by molar-refractivity contribution is -0.151. The molecule has 0 saturated heterocycles. The standard InChI is InChI=1S/C40H55N3O7/c1-21(35(49)50)17-27(44)25(20-43-36(41)42)22(2)26-18-30(47)40(7)32-31(28(45)19-39(26,40)6)38(5)16-15-29(46)37(3,4)34(38)24(33(32)48)14-13-23-11-9-8-10-12-23/h8-14,17,22,24-27,30,33-34,44,47-48H,15-16,18-20H2,1-7H3,(H,49,50)(H4,41,42,43)/b14-13+,21-17+/t22-,24-,25+,26-,27-,30+,33-,34-,38-,39-,40+/m1/s1. The Morgan fingerprint density at radius 2 is 1.72 bits per heavy atom. The van der Waals surface area contributed by atoms with E-state index >= 15 is 0 Å². The molecule has 0 bridgehead atoms. The van der Waals surface area contributed by atoms with Crippen LogP contribution in [0.25, 0.3) is 6.08 Å². The number of aliphatic imine (C=N–C) groups is 1. The normalized spacial score (nSPS) is 37.1. The van der Waals surface area contributed by atoms with Crippen LogP contribution in [0.15, 0.2) is 64.2 Å². The van der Waals surface area contributed by atoms with Crippen molar-refractivity contribution >= 4 is 29.6 Å². The Labute approximate surface area is 295 Å². The molecule has 2 saturated carbocycles. The molecular weight excluding hydrogens is 634 g/mol. The van der Waals surface area contributed by atoms with Crippen LogP contribution in [0.4, 0.5) is 0 Å². The van der Waals surface area contributed by atoms with Crippen molar-refractivity contribution < 1.29 is 34.8 Å². The average Bonchev–Trinajstić information content (AvgIpc) is 3.24. The molecular formula is C40H55N3O7. The Morgan fingerprint density at radius 3 is 2.32 bits per heavy atom. The highest BCUT2D eigenvalue weighted by Crippen LogP contribution is 2.72. The molecule has 0 spiro atoms. The molecule has 0 aromatic heterocycles. The van der Waals surface area contributed by atoms with Gasteiger partial charge in [-0.15, -0.1) is 0 Å². The van der Waals surface area contributed by atoms with E-state index in [9.17, 15) is 34.8 Å². The van der Waals surface area contributed by atoms with E-state index in [1.54, 1.807) is 0 Å². The SMILES string of the molecule is C/C(=C\[C@@H](O)[C@@H](CN=C(N)N)[C@@H](C)[C@H]1C[C@H](O)[C@@]2(C)C3=C(C(=O)C[C@]12C)[C@@]1(C)CCC(=O)C(C)(C)[C@H]1[C@H](/C=C/c1ccccc1)[C@H]3O)C(=O)O. The minimum Gasteiger partial charge on any atom is -0.478 e. The first kappa shape index (κ1) is 37.7. The molecule has 8 N–H and O–H groups in total. The Kier molecular flexibility index (Phi) is 9.93. The molecule has 4 aliphatic carbocycles. The fourth-order valence-electron chi connectivity index (χ4n) is 10.9. The molecule has 0 amide bonds. The van der Waals surface area contributed by atoms with Crippen LogP contribution in [0.1, 0.15) is 79.7 Å². The van der Waals surface area contributed by atoms with Gasteiger partial charge in [-0.25, -0.2) is 4.79 Å². The summed E-state index contributed by atoms with van der Waals surface area (Å²) in [6.45, 7) is 13.2. The highest BCUT2D eigenvalue weighted by Gasteiger charge is 2.71. The molecule has 4 aliphatic rings. The van der Waals surface area contributed by atoms with Crippen molar-refractivity contribution in [2.75, 3.05) is 6.54 Å². The van der Waals surface area contributed by atoms with Crippen molar-refractivity contribution in [2.24, 2.45) is 67.7 Å². The molecule has 0 unspecified atom stereocenters. The Balaban J connectivity index is 1.67. The van der Waals surface area contributed by atoms with Crippen LogP contribution in [0.5, 0.6) is 0 Å². The minimum atomic E-state index is -1.22.